The number of benzene rings is 2. The Bertz CT molecular complexity index is 926. The highest BCUT2D eigenvalue weighted by Crippen LogP contribution is 2.24. The zero-order valence-corrected chi connectivity index (χ0v) is 14.4. The zero-order chi connectivity index (χ0) is 20.1. The van der Waals surface area contributed by atoms with Crippen LogP contribution in [0.15, 0.2) is 42.5 Å². The molecule has 2 aromatic rings. The van der Waals surface area contributed by atoms with Crippen LogP contribution in [-0.2, 0) is 9.53 Å². The molecule has 0 spiro atoms. The maximum Gasteiger partial charge on any atom is 0.339 e. The number of ether oxygens (including phenoxy) is 1. The highest BCUT2D eigenvalue weighted by Gasteiger charge is 2.24. The number of nitro benzene ring substituents is 2. The van der Waals surface area contributed by atoms with Gasteiger partial charge in [-0.25, -0.2) is 4.79 Å². The molecule has 0 aromatic heterocycles. The Hall–Kier alpha value is -3.82. The van der Waals surface area contributed by atoms with Gasteiger partial charge in [0, 0.05) is 17.7 Å². The molecule has 0 aliphatic heterocycles. The lowest BCUT2D eigenvalue weighted by molar-refractivity contribution is -0.385. The Balaban J connectivity index is 2.13. The summed E-state index contributed by atoms with van der Waals surface area (Å²) in [6.45, 7) is 2.68. The van der Waals surface area contributed by atoms with Gasteiger partial charge in [0.05, 0.1) is 15.4 Å². The number of esters is 1. The summed E-state index contributed by atoms with van der Waals surface area (Å²) in [5, 5.41) is 24.3. The Morgan fingerprint density at radius 1 is 1.00 bits per heavy atom. The molecule has 0 bridgehead atoms. The average Bonchev–Trinajstić information content (AvgIpc) is 2.61. The monoisotopic (exact) mass is 373 g/mol. The molecule has 1 N–H and O–H groups in total. The Labute approximate surface area is 153 Å². The van der Waals surface area contributed by atoms with Crippen molar-refractivity contribution in [2.45, 2.75) is 20.0 Å². The third-order valence-electron chi connectivity index (χ3n) is 3.73. The predicted molar refractivity (Wildman–Crippen MR) is 94.4 cm³/mol. The average molecular weight is 373 g/mol. The molecule has 27 heavy (non-hydrogen) atoms. The molecule has 0 aliphatic rings. The molecule has 140 valence electrons. The molecule has 2 rings (SSSR count). The van der Waals surface area contributed by atoms with Gasteiger partial charge in [0.2, 0.25) is 0 Å². The summed E-state index contributed by atoms with van der Waals surface area (Å²) >= 11 is 0. The fourth-order valence-corrected chi connectivity index (χ4v) is 2.29. The molecule has 0 unspecified atom stereocenters. The molecule has 0 saturated carbocycles. The van der Waals surface area contributed by atoms with Gasteiger partial charge in [0.25, 0.3) is 17.3 Å². The largest absolute Gasteiger partial charge is 0.449 e. The minimum absolute atomic E-state index is 0.0399. The molecule has 0 radical (unpaired) electrons. The summed E-state index contributed by atoms with van der Waals surface area (Å²) in [6, 6.07) is 9.44. The molecule has 0 fully saturated rings. The van der Waals surface area contributed by atoms with Crippen LogP contribution in [0.5, 0.6) is 0 Å². The SMILES string of the molecule is Cc1c(C(=O)O[C@H](C)C(=O)Nc2ccccc2[N+](=O)[O-])cccc1[N+](=O)[O-]. The highest BCUT2D eigenvalue weighted by molar-refractivity contribution is 5.99. The van der Waals surface area contributed by atoms with Gasteiger partial charge in [0.1, 0.15) is 5.69 Å². The van der Waals surface area contributed by atoms with Crippen molar-refractivity contribution >= 4 is 28.9 Å². The van der Waals surface area contributed by atoms with Gasteiger partial charge in [-0.2, -0.15) is 0 Å². The zero-order valence-electron chi connectivity index (χ0n) is 14.4. The number of hydrogen-bond acceptors (Lipinski definition) is 7. The summed E-state index contributed by atoms with van der Waals surface area (Å²) < 4.78 is 5.04. The number of para-hydroxylation sites is 2. The number of hydrogen-bond donors (Lipinski definition) is 1. The standard InChI is InChI=1S/C17H15N3O7/c1-10-12(6-5-9-14(10)19(23)24)17(22)27-11(2)16(21)18-13-7-3-4-8-15(13)20(25)26/h3-9,11H,1-2H3,(H,18,21)/t11-/m1/s1. The van der Waals surface area contributed by atoms with E-state index < -0.39 is 27.8 Å². The summed E-state index contributed by atoms with van der Waals surface area (Å²) in [5.74, 6) is -1.69. The van der Waals surface area contributed by atoms with Crippen molar-refractivity contribution in [1.29, 1.82) is 0 Å². The van der Waals surface area contributed by atoms with Crippen molar-refractivity contribution in [1.82, 2.24) is 0 Å². The van der Waals surface area contributed by atoms with E-state index in [4.69, 9.17) is 4.74 Å². The fourth-order valence-electron chi connectivity index (χ4n) is 2.29. The maximum absolute atomic E-state index is 12.2. The maximum atomic E-state index is 12.2. The van der Waals surface area contributed by atoms with E-state index in [1.165, 1.54) is 56.3 Å². The summed E-state index contributed by atoms with van der Waals surface area (Å²) in [7, 11) is 0. The van der Waals surface area contributed by atoms with Crippen molar-refractivity contribution in [2.24, 2.45) is 0 Å². The molecule has 1 amide bonds. The number of carbonyl (C=O) groups excluding carboxylic acids is 2. The second kappa shape index (κ2) is 8.04. The minimum atomic E-state index is -1.28. The third-order valence-corrected chi connectivity index (χ3v) is 3.73. The van der Waals surface area contributed by atoms with Gasteiger partial charge in [0.15, 0.2) is 6.10 Å². The van der Waals surface area contributed by atoms with E-state index in [0.717, 1.165) is 0 Å². The van der Waals surface area contributed by atoms with Crippen LogP contribution in [0.4, 0.5) is 17.1 Å². The molecule has 0 heterocycles. The van der Waals surface area contributed by atoms with Gasteiger partial charge in [-0.15, -0.1) is 0 Å². The van der Waals surface area contributed by atoms with Crippen LogP contribution in [0.25, 0.3) is 0 Å². The molecule has 10 heteroatoms. The molecule has 2 aromatic carbocycles. The lowest BCUT2D eigenvalue weighted by Crippen LogP contribution is -2.30. The molecular weight excluding hydrogens is 358 g/mol. The summed E-state index contributed by atoms with van der Waals surface area (Å²) in [4.78, 5) is 45.1. The van der Waals surface area contributed by atoms with Crippen LogP contribution in [0, 0.1) is 27.2 Å². The number of anilines is 1. The third kappa shape index (κ3) is 4.42. The van der Waals surface area contributed by atoms with Gasteiger partial charge in [-0.3, -0.25) is 25.0 Å². The second-order valence-corrected chi connectivity index (χ2v) is 5.52. The predicted octanol–water partition coefficient (Wildman–Crippen LogP) is 3.00. The van der Waals surface area contributed by atoms with E-state index >= 15 is 0 Å². The molecule has 0 aliphatic carbocycles. The van der Waals surface area contributed by atoms with E-state index in [9.17, 15) is 29.8 Å². The second-order valence-electron chi connectivity index (χ2n) is 5.52. The van der Waals surface area contributed by atoms with Crippen LogP contribution >= 0.6 is 0 Å². The molecule has 0 saturated heterocycles. The topological polar surface area (TPSA) is 142 Å². The molecular formula is C17H15N3O7. The number of amides is 1. The lowest BCUT2D eigenvalue weighted by atomic mass is 10.1. The van der Waals surface area contributed by atoms with E-state index in [2.05, 4.69) is 5.32 Å². The normalized spacial score (nSPS) is 11.3. The quantitative estimate of drug-likeness (QED) is 0.466. The first-order chi connectivity index (χ1) is 12.7. The van der Waals surface area contributed by atoms with Crippen LogP contribution in [0.1, 0.15) is 22.8 Å². The van der Waals surface area contributed by atoms with Gasteiger partial charge >= 0.3 is 5.97 Å². The van der Waals surface area contributed by atoms with E-state index in [-0.39, 0.29) is 28.2 Å². The van der Waals surface area contributed by atoms with Crippen molar-refractivity contribution in [3.8, 4) is 0 Å². The van der Waals surface area contributed by atoms with Gasteiger partial charge < -0.3 is 10.1 Å². The van der Waals surface area contributed by atoms with Crippen molar-refractivity contribution in [3.05, 3.63) is 73.8 Å². The minimum Gasteiger partial charge on any atom is -0.449 e. The number of nitrogens with zero attached hydrogens (tertiary/aromatic N) is 2. The van der Waals surface area contributed by atoms with Gasteiger partial charge in [-0.05, 0) is 26.0 Å². The summed E-state index contributed by atoms with van der Waals surface area (Å²) in [5.41, 5.74) is -0.532. The van der Waals surface area contributed by atoms with Crippen molar-refractivity contribution in [2.75, 3.05) is 5.32 Å². The van der Waals surface area contributed by atoms with E-state index in [0.29, 0.717) is 0 Å². The van der Waals surface area contributed by atoms with Crippen LogP contribution < -0.4 is 5.32 Å². The van der Waals surface area contributed by atoms with Crippen molar-refractivity contribution in [3.63, 3.8) is 0 Å². The Morgan fingerprint density at radius 2 is 1.59 bits per heavy atom. The lowest BCUT2D eigenvalue weighted by Gasteiger charge is -2.14. The number of nitrogens with one attached hydrogen (secondary N) is 1. The highest BCUT2D eigenvalue weighted by atomic mass is 16.6. The first-order valence-electron chi connectivity index (χ1n) is 7.71. The number of carbonyl (C=O) groups is 2. The smallest absolute Gasteiger partial charge is 0.339 e. The van der Waals surface area contributed by atoms with Crippen LogP contribution in [-0.4, -0.2) is 27.8 Å². The van der Waals surface area contributed by atoms with E-state index in [1.807, 2.05) is 0 Å². The van der Waals surface area contributed by atoms with Gasteiger partial charge in [-0.1, -0.05) is 18.2 Å². The first-order valence-corrected chi connectivity index (χ1v) is 7.71. The number of rotatable bonds is 6. The fraction of sp³-hybridized carbons (Fsp3) is 0.176. The number of nitro groups is 2. The molecule has 1 atom stereocenters. The Morgan fingerprint density at radius 3 is 2.22 bits per heavy atom. The Kier molecular flexibility index (Phi) is 5.81. The van der Waals surface area contributed by atoms with Crippen LogP contribution in [0.3, 0.4) is 0 Å². The molecule has 10 nitrogen and oxygen atoms in total. The summed E-state index contributed by atoms with van der Waals surface area (Å²) in [6.07, 6.45) is -1.28. The van der Waals surface area contributed by atoms with E-state index in [1.54, 1.807) is 0 Å². The van der Waals surface area contributed by atoms with Crippen molar-refractivity contribution < 1.29 is 24.2 Å². The first kappa shape index (κ1) is 19.5. The van der Waals surface area contributed by atoms with Crippen LogP contribution in [0.2, 0.25) is 0 Å².